The first-order valence-electron chi connectivity index (χ1n) is 5.55. The Kier molecular flexibility index (Phi) is 3.99. The summed E-state index contributed by atoms with van der Waals surface area (Å²) in [6, 6.07) is 7.31. The number of amides is 1. The highest BCUT2D eigenvalue weighted by atomic mass is 35.5. The van der Waals surface area contributed by atoms with E-state index in [1.807, 2.05) is 12.1 Å². The predicted octanol–water partition coefficient (Wildman–Crippen LogP) is 1.29. The molecule has 4 nitrogen and oxygen atoms in total. The molecular weight excluding hydrogens is 240 g/mol. The van der Waals surface area contributed by atoms with Crippen molar-refractivity contribution in [2.75, 3.05) is 31.6 Å². The van der Waals surface area contributed by atoms with Crippen molar-refractivity contribution in [1.29, 1.82) is 0 Å². The monoisotopic (exact) mass is 254 g/mol. The van der Waals surface area contributed by atoms with E-state index in [4.69, 9.17) is 16.3 Å². The van der Waals surface area contributed by atoms with E-state index < -0.39 is 6.10 Å². The minimum Gasteiger partial charge on any atom is -0.365 e. The summed E-state index contributed by atoms with van der Waals surface area (Å²) in [7, 11) is 1.80. The van der Waals surface area contributed by atoms with Crippen LogP contribution in [0.3, 0.4) is 0 Å². The van der Waals surface area contributed by atoms with Gasteiger partial charge in [0.1, 0.15) is 6.10 Å². The third kappa shape index (κ3) is 2.77. The van der Waals surface area contributed by atoms with Crippen LogP contribution in [0.4, 0.5) is 5.69 Å². The minimum atomic E-state index is -0.410. The Morgan fingerprint density at radius 2 is 2.41 bits per heavy atom. The molecule has 1 aliphatic heterocycles. The van der Waals surface area contributed by atoms with Crippen LogP contribution in [0, 0.1) is 0 Å². The van der Waals surface area contributed by atoms with E-state index in [-0.39, 0.29) is 5.91 Å². The SMILES string of the molecule is CNCC1OCCN(c2cccc(Cl)c2)C1=O. The number of hydrogen-bond donors (Lipinski definition) is 1. The molecule has 5 heteroatoms. The first kappa shape index (κ1) is 12.4. The normalized spacial score (nSPS) is 20.7. The standard InChI is InChI=1S/C12H15ClN2O2/c1-14-8-11-12(16)15(5-6-17-11)10-4-2-3-9(13)7-10/h2-4,7,11,14H,5-6,8H2,1H3. The van der Waals surface area contributed by atoms with Crippen molar-refractivity contribution in [1.82, 2.24) is 5.32 Å². The lowest BCUT2D eigenvalue weighted by atomic mass is 10.2. The van der Waals surface area contributed by atoms with Gasteiger partial charge in [0.05, 0.1) is 6.61 Å². The molecular formula is C12H15ClN2O2. The Balaban J connectivity index is 2.17. The lowest BCUT2D eigenvalue weighted by molar-refractivity contribution is -0.133. The number of likely N-dealkylation sites (N-methyl/N-ethyl adjacent to an activating group) is 1. The lowest BCUT2D eigenvalue weighted by Crippen LogP contribution is -2.51. The van der Waals surface area contributed by atoms with Crippen LogP contribution in [0.25, 0.3) is 0 Å². The number of halogens is 1. The van der Waals surface area contributed by atoms with Crippen LogP contribution in [0.1, 0.15) is 0 Å². The second-order valence-electron chi connectivity index (χ2n) is 3.89. The molecule has 0 aliphatic carbocycles. The molecule has 1 aliphatic rings. The molecule has 1 amide bonds. The third-order valence-corrected chi connectivity index (χ3v) is 2.92. The average molecular weight is 255 g/mol. The number of carbonyl (C=O) groups excluding carboxylic acids is 1. The van der Waals surface area contributed by atoms with Crippen molar-refractivity contribution in [3.8, 4) is 0 Å². The number of nitrogens with zero attached hydrogens (tertiary/aromatic N) is 1. The van der Waals surface area contributed by atoms with Crippen molar-refractivity contribution in [2.45, 2.75) is 6.10 Å². The van der Waals surface area contributed by atoms with Crippen LogP contribution in [-0.4, -0.2) is 38.8 Å². The maximum Gasteiger partial charge on any atom is 0.257 e. The Morgan fingerprint density at radius 3 is 3.12 bits per heavy atom. The quantitative estimate of drug-likeness (QED) is 0.884. The van der Waals surface area contributed by atoms with E-state index in [2.05, 4.69) is 5.32 Å². The zero-order chi connectivity index (χ0) is 12.3. The highest BCUT2D eigenvalue weighted by Gasteiger charge is 2.29. The summed E-state index contributed by atoms with van der Waals surface area (Å²) >= 11 is 5.93. The predicted molar refractivity (Wildman–Crippen MR) is 67.5 cm³/mol. The number of anilines is 1. The number of nitrogens with one attached hydrogen (secondary N) is 1. The van der Waals surface area contributed by atoms with Crippen LogP contribution in [0.15, 0.2) is 24.3 Å². The summed E-state index contributed by atoms with van der Waals surface area (Å²) in [5.41, 5.74) is 0.826. The molecule has 0 radical (unpaired) electrons. The van der Waals surface area contributed by atoms with Crippen molar-refractivity contribution >= 4 is 23.2 Å². The molecule has 1 heterocycles. The van der Waals surface area contributed by atoms with E-state index in [1.54, 1.807) is 24.1 Å². The molecule has 1 aromatic rings. The Morgan fingerprint density at radius 1 is 1.59 bits per heavy atom. The zero-order valence-corrected chi connectivity index (χ0v) is 10.4. The Bertz CT molecular complexity index is 409. The summed E-state index contributed by atoms with van der Waals surface area (Å²) < 4.78 is 5.43. The van der Waals surface area contributed by atoms with Crippen molar-refractivity contribution < 1.29 is 9.53 Å². The lowest BCUT2D eigenvalue weighted by Gasteiger charge is -2.32. The van der Waals surface area contributed by atoms with Crippen molar-refractivity contribution in [3.05, 3.63) is 29.3 Å². The fourth-order valence-electron chi connectivity index (χ4n) is 1.87. The molecule has 1 atom stereocenters. The van der Waals surface area contributed by atoms with Gasteiger partial charge in [0, 0.05) is 23.8 Å². The number of ether oxygens (including phenoxy) is 1. The summed E-state index contributed by atoms with van der Waals surface area (Å²) in [5.74, 6) is -0.0205. The average Bonchev–Trinajstić information content (AvgIpc) is 2.32. The number of benzene rings is 1. The fourth-order valence-corrected chi connectivity index (χ4v) is 2.06. The Labute approximate surface area is 106 Å². The molecule has 0 spiro atoms. The highest BCUT2D eigenvalue weighted by molar-refractivity contribution is 6.30. The summed E-state index contributed by atoms with van der Waals surface area (Å²) in [5, 5.41) is 3.58. The van der Waals surface area contributed by atoms with Gasteiger partial charge in [-0.25, -0.2) is 0 Å². The maximum absolute atomic E-state index is 12.1. The first-order chi connectivity index (χ1) is 8.22. The Hall–Kier alpha value is -1.10. The molecule has 17 heavy (non-hydrogen) atoms. The van der Waals surface area contributed by atoms with E-state index in [0.29, 0.717) is 24.7 Å². The van der Waals surface area contributed by atoms with Crippen molar-refractivity contribution in [3.63, 3.8) is 0 Å². The maximum atomic E-state index is 12.1. The molecule has 1 N–H and O–H groups in total. The van der Waals surface area contributed by atoms with Gasteiger partial charge < -0.3 is 15.0 Å². The number of hydrogen-bond acceptors (Lipinski definition) is 3. The van der Waals surface area contributed by atoms with Gasteiger partial charge in [0.15, 0.2) is 0 Å². The van der Waals surface area contributed by atoms with E-state index >= 15 is 0 Å². The van der Waals surface area contributed by atoms with Crippen LogP contribution in [0.5, 0.6) is 0 Å². The number of carbonyl (C=O) groups is 1. The van der Waals surface area contributed by atoms with Gasteiger partial charge in [-0.1, -0.05) is 17.7 Å². The minimum absolute atomic E-state index is 0.0205. The molecule has 1 saturated heterocycles. The van der Waals surface area contributed by atoms with Gasteiger partial charge >= 0.3 is 0 Å². The first-order valence-corrected chi connectivity index (χ1v) is 5.93. The third-order valence-electron chi connectivity index (χ3n) is 2.68. The molecule has 1 unspecified atom stereocenters. The van der Waals surface area contributed by atoms with Crippen LogP contribution in [0.2, 0.25) is 5.02 Å². The largest absolute Gasteiger partial charge is 0.365 e. The van der Waals surface area contributed by atoms with Gasteiger partial charge in [0.2, 0.25) is 0 Å². The number of rotatable bonds is 3. The molecule has 92 valence electrons. The molecule has 0 aromatic heterocycles. The van der Waals surface area contributed by atoms with Gasteiger partial charge in [0.25, 0.3) is 5.91 Å². The fraction of sp³-hybridized carbons (Fsp3) is 0.417. The van der Waals surface area contributed by atoms with E-state index in [1.165, 1.54) is 0 Å². The van der Waals surface area contributed by atoms with Gasteiger partial charge in [-0.3, -0.25) is 4.79 Å². The van der Waals surface area contributed by atoms with Gasteiger partial charge in [-0.05, 0) is 25.2 Å². The second kappa shape index (κ2) is 5.49. The van der Waals surface area contributed by atoms with E-state index in [9.17, 15) is 4.79 Å². The van der Waals surface area contributed by atoms with Crippen molar-refractivity contribution in [2.24, 2.45) is 0 Å². The van der Waals surface area contributed by atoms with E-state index in [0.717, 1.165) is 5.69 Å². The van der Waals surface area contributed by atoms with Gasteiger partial charge in [-0.2, -0.15) is 0 Å². The molecule has 0 saturated carbocycles. The number of morpholine rings is 1. The topological polar surface area (TPSA) is 41.6 Å². The van der Waals surface area contributed by atoms with Crippen LogP contribution >= 0.6 is 11.6 Å². The van der Waals surface area contributed by atoms with Crippen LogP contribution in [-0.2, 0) is 9.53 Å². The zero-order valence-electron chi connectivity index (χ0n) is 9.65. The smallest absolute Gasteiger partial charge is 0.257 e. The summed E-state index contributed by atoms with van der Waals surface area (Å²) in [6.07, 6.45) is -0.410. The molecule has 1 aromatic carbocycles. The van der Waals surface area contributed by atoms with Crippen LogP contribution < -0.4 is 10.2 Å². The van der Waals surface area contributed by atoms with Gasteiger partial charge in [-0.15, -0.1) is 0 Å². The summed E-state index contributed by atoms with van der Waals surface area (Å²) in [4.78, 5) is 13.9. The summed E-state index contributed by atoms with van der Waals surface area (Å²) in [6.45, 7) is 1.64. The molecule has 1 fully saturated rings. The molecule has 2 rings (SSSR count). The second-order valence-corrected chi connectivity index (χ2v) is 4.32. The highest BCUT2D eigenvalue weighted by Crippen LogP contribution is 2.22. The molecule has 0 bridgehead atoms.